The first-order valence-corrected chi connectivity index (χ1v) is 8.63. The highest BCUT2D eigenvalue weighted by Crippen LogP contribution is 2.53. The maximum absolute atomic E-state index is 10.6. The van der Waals surface area contributed by atoms with E-state index in [0.29, 0.717) is 11.6 Å². The average molecular weight is 323 g/mol. The van der Waals surface area contributed by atoms with Gasteiger partial charge in [0.15, 0.2) is 0 Å². The number of para-hydroxylation sites is 1. The number of phenolic OH excluding ortho intramolecular Hbond substituents is 1. The molecule has 1 fully saturated rings. The van der Waals surface area contributed by atoms with Gasteiger partial charge in [-0.2, -0.15) is 5.26 Å². The van der Waals surface area contributed by atoms with Crippen LogP contribution in [0, 0.1) is 11.3 Å². The number of fused-ring (bicyclic) bond motifs is 2. The first kappa shape index (κ1) is 14.4. The number of piperidine rings is 1. The van der Waals surface area contributed by atoms with Crippen molar-refractivity contribution in [3.05, 3.63) is 42.0 Å². The third kappa shape index (κ3) is 2.44. The zero-order valence-corrected chi connectivity index (χ0v) is 13.4. The molecule has 0 bridgehead atoms. The second kappa shape index (κ2) is 5.80. The average Bonchev–Trinajstić information content (AvgIpc) is 2.60. The molecule has 2 aliphatic rings. The number of aromatic hydroxyl groups is 1. The Morgan fingerprint density at radius 1 is 1.17 bits per heavy atom. The summed E-state index contributed by atoms with van der Waals surface area (Å²) in [6, 6.07) is 14.2. The van der Waals surface area contributed by atoms with Crippen molar-refractivity contribution in [3.8, 4) is 11.8 Å². The first-order valence-electron chi connectivity index (χ1n) is 7.82. The van der Waals surface area contributed by atoms with Crippen LogP contribution in [0.1, 0.15) is 18.4 Å². The molecule has 4 rings (SSSR count). The van der Waals surface area contributed by atoms with Crippen molar-refractivity contribution in [2.45, 2.75) is 28.7 Å². The van der Waals surface area contributed by atoms with E-state index in [1.165, 1.54) is 4.90 Å². The largest absolute Gasteiger partial charge is 0.506 e. The smallest absolute Gasteiger partial charge is 0.141 e. The molecule has 2 heterocycles. The Hall–Kier alpha value is -2.16. The van der Waals surface area contributed by atoms with E-state index in [9.17, 15) is 10.4 Å². The lowest BCUT2D eigenvalue weighted by molar-refractivity contribution is 0.437. The second-order valence-electron chi connectivity index (χ2n) is 5.87. The lowest BCUT2D eigenvalue weighted by atomic mass is 10.0. The molecule has 0 unspecified atom stereocenters. The SMILES string of the molecule is N#Cc1cc(O)c2c(c1)Sc1ccccc1N2C1CCNCC1. The highest BCUT2D eigenvalue weighted by Gasteiger charge is 2.32. The summed E-state index contributed by atoms with van der Waals surface area (Å²) >= 11 is 1.63. The fourth-order valence-corrected chi connectivity index (χ4v) is 4.54. The molecule has 2 aliphatic heterocycles. The van der Waals surface area contributed by atoms with E-state index in [1.54, 1.807) is 17.8 Å². The monoisotopic (exact) mass is 323 g/mol. The Labute approximate surface area is 139 Å². The van der Waals surface area contributed by atoms with Gasteiger partial charge in [0.25, 0.3) is 0 Å². The van der Waals surface area contributed by atoms with E-state index in [2.05, 4.69) is 28.4 Å². The number of benzene rings is 2. The molecular weight excluding hydrogens is 306 g/mol. The summed E-state index contributed by atoms with van der Waals surface area (Å²) in [5.74, 6) is 0.194. The molecule has 0 aliphatic carbocycles. The van der Waals surface area contributed by atoms with Crippen LogP contribution in [0.25, 0.3) is 0 Å². The van der Waals surface area contributed by atoms with Crippen LogP contribution in [0.5, 0.6) is 5.75 Å². The van der Waals surface area contributed by atoms with Crippen LogP contribution in [0.2, 0.25) is 0 Å². The summed E-state index contributed by atoms with van der Waals surface area (Å²) in [5.41, 5.74) is 2.50. The molecule has 2 aromatic rings. The summed E-state index contributed by atoms with van der Waals surface area (Å²) in [4.78, 5) is 4.41. The molecule has 0 saturated carbocycles. The Balaban J connectivity index is 1.89. The van der Waals surface area contributed by atoms with Gasteiger partial charge in [-0.05, 0) is 50.2 Å². The fraction of sp³-hybridized carbons (Fsp3) is 0.278. The minimum atomic E-state index is 0.194. The van der Waals surface area contributed by atoms with Crippen molar-refractivity contribution in [2.24, 2.45) is 0 Å². The Morgan fingerprint density at radius 2 is 1.96 bits per heavy atom. The van der Waals surface area contributed by atoms with Gasteiger partial charge in [-0.3, -0.25) is 0 Å². The lowest BCUT2D eigenvalue weighted by Gasteiger charge is -2.40. The quantitative estimate of drug-likeness (QED) is 0.839. The van der Waals surface area contributed by atoms with Gasteiger partial charge in [-0.25, -0.2) is 0 Å². The molecule has 0 amide bonds. The molecule has 0 atom stereocenters. The van der Waals surface area contributed by atoms with E-state index >= 15 is 0 Å². The molecule has 116 valence electrons. The zero-order valence-electron chi connectivity index (χ0n) is 12.6. The van der Waals surface area contributed by atoms with Crippen molar-refractivity contribution in [2.75, 3.05) is 18.0 Å². The van der Waals surface area contributed by atoms with Crippen molar-refractivity contribution in [3.63, 3.8) is 0 Å². The van der Waals surface area contributed by atoms with E-state index in [4.69, 9.17) is 0 Å². The van der Waals surface area contributed by atoms with Gasteiger partial charge in [0.1, 0.15) is 5.75 Å². The molecule has 1 saturated heterocycles. The molecule has 23 heavy (non-hydrogen) atoms. The van der Waals surface area contributed by atoms with Gasteiger partial charge >= 0.3 is 0 Å². The molecule has 2 N–H and O–H groups in total. The zero-order chi connectivity index (χ0) is 15.8. The highest BCUT2D eigenvalue weighted by atomic mass is 32.2. The summed E-state index contributed by atoms with van der Waals surface area (Å²) < 4.78 is 0. The van der Waals surface area contributed by atoms with Crippen LogP contribution in [-0.2, 0) is 0 Å². The third-order valence-electron chi connectivity index (χ3n) is 4.44. The molecule has 4 nitrogen and oxygen atoms in total. The van der Waals surface area contributed by atoms with Crippen molar-refractivity contribution >= 4 is 23.1 Å². The number of phenols is 1. The summed E-state index contributed by atoms with van der Waals surface area (Å²) in [6.45, 7) is 1.98. The van der Waals surface area contributed by atoms with Gasteiger partial charge in [0.2, 0.25) is 0 Å². The summed E-state index contributed by atoms with van der Waals surface area (Å²) in [6.07, 6.45) is 2.08. The van der Waals surface area contributed by atoms with Gasteiger partial charge in [0.05, 0.1) is 23.0 Å². The Morgan fingerprint density at radius 3 is 2.74 bits per heavy atom. The number of hydrogen-bond acceptors (Lipinski definition) is 5. The van der Waals surface area contributed by atoms with Gasteiger partial charge < -0.3 is 15.3 Å². The number of rotatable bonds is 1. The minimum absolute atomic E-state index is 0.194. The van der Waals surface area contributed by atoms with Crippen LogP contribution in [-0.4, -0.2) is 24.2 Å². The fourth-order valence-electron chi connectivity index (χ4n) is 3.40. The van der Waals surface area contributed by atoms with Crippen LogP contribution >= 0.6 is 11.8 Å². The molecule has 0 aromatic heterocycles. The molecule has 0 spiro atoms. The molecule has 5 heteroatoms. The van der Waals surface area contributed by atoms with E-state index in [1.807, 2.05) is 18.2 Å². The van der Waals surface area contributed by atoms with Gasteiger partial charge in [0, 0.05) is 15.8 Å². The van der Waals surface area contributed by atoms with Crippen molar-refractivity contribution in [1.82, 2.24) is 5.32 Å². The van der Waals surface area contributed by atoms with E-state index < -0.39 is 0 Å². The van der Waals surface area contributed by atoms with Crippen LogP contribution < -0.4 is 10.2 Å². The number of nitrogens with one attached hydrogen (secondary N) is 1. The van der Waals surface area contributed by atoms with Gasteiger partial charge in [-0.15, -0.1) is 0 Å². The van der Waals surface area contributed by atoms with Crippen LogP contribution in [0.15, 0.2) is 46.2 Å². The maximum atomic E-state index is 10.6. The second-order valence-corrected chi connectivity index (χ2v) is 6.96. The van der Waals surface area contributed by atoms with Gasteiger partial charge in [-0.1, -0.05) is 23.9 Å². The maximum Gasteiger partial charge on any atom is 0.141 e. The molecule has 2 aromatic carbocycles. The number of hydrogen-bond donors (Lipinski definition) is 2. The van der Waals surface area contributed by atoms with Crippen LogP contribution in [0.4, 0.5) is 11.4 Å². The summed E-state index contributed by atoms with van der Waals surface area (Å²) in [5, 5.41) is 23.2. The molecule has 0 radical (unpaired) electrons. The molecular formula is C18H17N3OS. The third-order valence-corrected chi connectivity index (χ3v) is 5.54. The minimum Gasteiger partial charge on any atom is -0.506 e. The van der Waals surface area contributed by atoms with Crippen LogP contribution in [0.3, 0.4) is 0 Å². The topological polar surface area (TPSA) is 59.3 Å². The van der Waals surface area contributed by atoms with E-state index in [-0.39, 0.29) is 5.75 Å². The number of anilines is 2. The Kier molecular flexibility index (Phi) is 3.64. The summed E-state index contributed by atoms with van der Waals surface area (Å²) in [7, 11) is 0. The Bertz CT molecular complexity index is 793. The number of nitriles is 1. The van der Waals surface area contributed by atoms with Crippen molar-refractivity contribution in [1.29, 1.82) is 5.26 Å². The van der Waals surface area contributed by atoms with Crippen molar-refractivity contribution < 1.29 is 5.11 Å². The highest BCUT2D eigenvalue weighted by molar-refractivity contribution is 7.99. The first-order chi connectivity index (χ1) is 11.3. The lowest BCUT2D eigenvalue weighted by Crippen LogP contribution is -2.41. The normalized spacial score (nSPS) is 17.3. The standard InChI is InChI=1S/C18H17N3OS/c19-11-12-9-15(22)18-17(10-12)23-16-4-2-1-3-14(16)21(18)13-5-7-20-8-6-13/h1-4,9-10,13,20,22H,5-8H2. The predicted octanol–water partition coefficient (Wildman–Crippen LogP) is 3.62. The van der Waals surface area contributed by atoms with E-state index in [0.717, 1.165) is 42.2 Å². The predicted molar refractivity (Wildman–Crippen MR) is 91.4 cm³/mol. The number of nitrogens with zero attached hydrogens (tertiary/aromatic N) is 2.